The Balaban J connectivity index is 1.91. The van der Waals surface area contributed by atoms with E-state index < -0.39 is 0 Å². The van der Waals surface area contributed by atoms with Crippen LogP contribution < -0.4 is 5.32 Å². The molecule has 0 aliphatic carbocycles. The standard InChI is InChI=1S/C14H18N4O/c1-19-7-6-18-10-16-17-14(18)12-3-2-11-4-5-15-9-13(11)8-12/h2-3,8,10,15H,4-7,9H2,1H3. The van der Waals surface area contributed by atoms with Crippen molar-refractivity contribution in [2.24, 2.45) is 0 Å². The summed E-state index contributed by atoms with van der Waals surface area (Å²) in [4.78, 5) is 0. The lowest BCUT2D eigenvalue weighted by molar-refractivity contribution is 0.187. The van der Waals surface area contributed by atoms with Gasteiger partial charge in [-0.05, 0) is 30.2 Å². The Bertz CT molecular complexity index is 564. The summed E-state index contributed by atoms with van der Waals surface area (Å²) < 4.78 is 7.14. The van der Waals surface area contributed by atoms with Gasteiger partial charge in [0.1, 0.15) is 6.33 Å². The molecule has 1 aromatic heterocycles. The maximum absolute atomic E-state index is 5.11. The molecule has 0 atom stereocenters. The van der Waals surface area contributed by atoms with Gasteiger partial charge in [-0.1, -0.05) is 12.1 Å². The van der Waals surface area contributed by atoms with Crippen molar-refractivity contribution in [1.29, 1.82) is 0 Å². The molecule has 0 amide bonds. The fraction of sp³-hybridized carbons (Fsp3) is 0.429. The molecule has 100 valence electrons. The van der Waals surface area contributed by atoms with Crippen LogP contribution in [0.4, 0.5) is 0 Å². The van der Waals surface area contributed by atoms with E-state index in [0.717, 1.165) is 37.4 Å². The molecule has 0 radical (unpaired) electrons. The predicted octanol–water partition coefficient (Wildman–Crippen LogP) is 1.24. The Morgan fingerprint density at radius 3 is 3.21 bits per heavy atom. The molecule has 2 heterocycles. The van der Waals surface area contributed by atoms with Crippen LogP contribution in [-0.4, -0.2) is 35.0 Å². The summed E-state index contributed by atoms with van der Waals surface area (Å²) in [6.07, 6.45) is 2.86. The van der Waals surface area contributed by atoms with E-state index in [9.17, 15) is 0 Å². The Kier molecular flexibility index (Phi) is 3.57. The van der Waals surface area contributed by atoms with Crippen LogP contribution in [0, 0.1) is 0 Å². The molecule has 0 saturated carbocycles. The van der Waals surface area contributed by atoms with Crippen LogP contribution in [0.5, 0.6) is 0 Å². The maximum atomic E-state index is 5.11. The van der Waals surface area contributed by atoms with Gasteiger partial charge in [-0.2, -0.15) is 0 Å². The van der Waals surface area contributed by atoms with E-state index >= 15 is 0 Å². The highest BCUT2D eigenvalue weighted by Gasteiger charge is 2.12. The van der Waals surface area contributed by atoms with E-state index in [1.165, 1.54) is 11.1 Å². The number of nitrogens with zero attached hydrogens (tertiary/aromatic N) is 3. The highest BCUT2D eigenvalue weighted by atomic mass is 16.5. The average molecular weight is 258 g/mol. The molecule has 1 aliphatic rings. The quantitative estimate of drug-likeness (QED) is 0.896. The molecule has 1 aliphatic heterocycles. The number of benzene rings is 1. The normalized spacial score (nSPS) is 14.4. The molecule has 3 rings (SSSR count). The minimum absolute atomic E-state index is 0.664. The van der Waals surface area contributed by atoms with Gasteiger partial charge in [-0.25, -0.2) is 0 Å². The van der Waals surface area contributed by atoms with Crippen molar-refractivity contribution in [3.8, 4) is 11.4 Å². The highest BCUT2D eigenvalue weighted by molar-refractivity contribution is 5.58. The summed E-state index contributed by atoms with van der Waals surface area (Å²) in [5.74, 6) is 0.908. The molecule has 1 N–H and O–H groups in total. The average Bonchev–Trinajstić information content (AvgIpc) is 2.93. The van der Waals surface area contributed by atoms with Crippen molar-refractivity contribution < 1.29 is 4.74 Å². The fourth-order valence-electron chi connectivity index (χ4n) is 2.45. The van der Waals surface area contributed by atoms with Gasteiger partial charge in [0, 0.05) is 25.8 Å². The topological polar surface area (TPSA) is 52.0 Å². The van der Waals surface area contributed by atoms with E-state index in [-0.39, 0.29) is 0 Å². The number of aromatic nitrogens is 3. The molecule has 5 nitrogen and oxygen atoms in total. The number of methoxy groups -OCH3 is 1. The van der Waals surface area contributed by atoms with Gasteiger partial charge in [-0.15, -0.1) is 10.2 Å². The third-order valence-corrected chi connectivity index (χ3v) is 3.50. The first kappa shape index (κ1) is 12.3. The Labute approximate surface area is 112 Å². The summed E-state index contributed by atoms with van der Waals surface area (Å²) >= 11 is 0. The van der Waals surface area contributed by atoms with Crippen molar-refractivity contribution in [2.75, 3.05) is 20.3 Å². The zero-order valence-electron chi connectivity index (χ0n) is 11.1. The first-order chi connectivity index (χ1) is 9.38. The zero-order valence-corrected chi connectivity index (χ0v) is 11.1. The highest BCUT2D eigenvalue weighted by Crippen LogP contribution is 2.22. The second kappa shape index (κ2) is 5.50. The minimum atomic E-state index is 0.664. The molecular weight excluding hydrogens is 240 g/mol. The van der Waals surface area contributed by atoms with Crippen molar-refractivity contribution >= 4 is 0 Å². The Hall–Kier alpha value is -1.72. The Morgan fingerprint density at radius 1 is 1.37 bits per heavy atom. The van der Waals surface area contributed by atoms with Crippen LogP contribution in [-0.2, 0) is 24.2 Å². The molecule has 0 unspecified atom stereocenters. The lowest BCUT2D eigenvalue weighted by Crippen LogP contribution is -2.23. The summed E-state index contributed by atoms with van der Waals surface area (Å²) in [5.41, 5.74) is 3.92. The first-order valence-electron chi connectivity index (χ1n) is 6.58. The van der Waals surface area contributed by atoms with E-state index in [2.05, 4.69) is 33.7 Å². The molecular formula is C14H18N4O. The van der Waals surface area contributed by atoms with E-state index in [4.69, 9.17) is 4.74 Å². The van der Waals surface area contributed by atoms with E-state index in [1.54, 1.807) is 13.4 Å². The molecule has 0 saturated heterocycles. The SMILES string of the molecule is COCCn1cnnc1-c1ccc2c(c1)CNCC2. The van der Waals surface area contributed by atoms with E-state index in [1.807, 2.05) is 4.57 Å². The second-order valence-electron chi connectivity index (χ2n) is 4.75. The van der Waals surface area contributed by atoms with Crippen molar-refractivity contribution in [3.63, 3.8) is 0 Å². The minimum Gasteiger partial charge on any atom is -0.383 e. The Morgan fingerprint density at radius 2 is 2.32 bits per heavy atom. The lowest BCUT2D eigenvalue weighted by Gasteiger charge is -2.17. The maximum Gasteiger partial charge on any atom is 0.163 e. The number of rotatable bonds is 4. The van der Waals surface area contributed by atoms with Crippen LogP contribution >= 0.6 is 0 Å². The second-order valence-corrected chi connectivity index (χ2v) is 4.75. The molecule has 1 aromatic carbocycles. The third kappa shape index (κ3) is 2.52. The van der Waals surface area contributed by atoms with Crippen molar-refractivity contribution in [2.45, 2.75) is 19.5 Å². The fourth-order valence-corrected chi connectivity index (χ4v) is 2.45. The summed E-state index contributed by atoms with van der Waals surface area (Å²) in [6, 6.07) is 6.56. The van der Waals surface area contributed by atoms with Crippen LogP contribution in [0.1, 0.15) is 11.1 Å². The molecule has 19 heavy (non-hydrogen) atoms. The van der Waals surface area contributed by atoms with Crippen molar-refractivity contribution in [3.05, 3.63) is 35.7 Å². The van der Waals surface area contributed by atoms with Gasteiger partial charge in [0.2, 0.25) is 0 Å². The number of hydrogen-bond acceptors (Lipinski definition) is 4. The molecule has 0 bridgehead atoms. The monoisotopic (exact) mass is 258 g/mol. The van der Waals surface area contributed by atoms with Gasteiger partial charge in [0.25, 0.3) is 0 Å². The van der Waals surface area contributed by atoms with E-state index in [0.29, 0.717) is 6.61 Å². The van der Waals surface area contributed by atoms with Crippen LogP contribution in [0.3, 0.4) is 0 Å². The van der Waals surface area contributed by atoms with Gasteiger partial charge in [0.15, 0.2) is 5.82 Å². The predicted molar refractivity (Wildman–Crippen MR) is 72.7 cm³/mol. The van der Waals surface area contributed by atoms with Gasteiger partial charge >= 0.3 is 0 Å². The summed E-state index contributed by atoms with van der Waals surface area (Å²) in [7, 11) is 1.70. The number of fused-ring (bicyclic) bond motifs is 1. The molecule has 2 aromatic rings. The third-order valence-electron chi connectivity index (χ3n) is 3.50. The van der Waals surface area contributed by atoms with Gasteiger partial charge in [-0.3, -0.25) is 0 Å². The smallest absolute Gasteiger partial charge is 0.163 e. The van der Waals surface area contributed by atoms with Crippen LogP contribution in [0.15, 0.2) is 24.5 Å². The lowest BCUT2D eigenvalue weighted by atomic mass is 9.98. The number of hydrogen-bond donors (Lipinski definition) is 1. The molecule has 0 fully saturated rings. The van der Waals surface area contributed by atoms with Crippen LogP contribution in [0.25, 0.3) is 11.4 Å². The van der Waals surface area contributed by atoms with Gasteiger partial charge < -0.3 is 14.6 Å². The summed E-state index contributed by atoms with van der Waals surface area (Å²) in [5, 5.41) is 11.6. The first-order valence-corrected chi connectivity index (χ1v) is 6.58. The number of nitrogens with one attached hydrogen (secondary N) is 1. The van der Waals surface area contributed by atoms with Gasteiger partial charge in [0.05, 0.1) is 6.61 Å². The van der Waals surface area contributed by atoms with Crippen molar-refractivity contribution in [1.82, 2.24) is 20.1 Å². The molecule has 0 spiro atoms. The zero-order chi connectivity index (χ0) is 13.1. The summed E-state index contributed by atoms with van der Waals surface area (Å²) in [6.45, 7) is 3.44. The number of ether oxygens (including phenoxy) is 1. The largest absolute Gasteiger partial charge is 0.383 e. The molecule has 5 heteroatoms. The van der Waals surface area contributed by atoms with Crippen LogP contribution in [0.2, 0.25) is 0 Å².